The molecule has 324 valence electrons. The van der Waals surface area contributed by atoms with E-state index in [0.29, 0.717) is 36.8 Å². The predicted molar refractivity (Wildman–Crippen MR) is 216 cm³/mol. The third-order valence-electron chi connectivity index (χ3n) is 17.4. The lowest BCUT2D eigenvalue weighted by Gasteiger charge is -2.59. The van der Waals surface area contributed by atoms with Crippen molar-refractivity contribution < 1.29 is 52.8 Å². The van der Waals surface area contributed by atoms with Crippen molar-refractivity contribution in [3.05, 3.63) is 47.6 Å². The Morgan fingerprint density at radius 1 is 0.746 bits per heavy atom. The molecule has 8 aliphatic rings. The second-order valence-corrected chi connectivity index (χ2v) is 20.6. The molecule has 0 spiro atoms. The number of ether oxygens (including phenoxy) is 1. The molecule has 3 N–H and O–H groups in total. The van der Waals surface area contributed by atoms with E-state index in [4.69, 9.17) is 4.74 Å². The molecule has 0 heterocycles. The highest BCUT2D eigenvalue weighted by Gasteiger charge is 2.67. The van der Waals surface area contributed by atoms with Gasteiger partial charge in [-0.1, -0.05) is 67.0 Å². The number of esters is 1. The molecule has 59 heavy (non-hydrogen) atoms. The molecular weight excluding hydrogens is 759 g/mol. The summed E-state index contributed by atoms with van der Waals surface area (Å²) in [4.78, 5) is 61.9. The van der Waals surface area contributed by atoms with Crippen molar-refractivity contribution in [2.75, 3.05) is 13.2 Å². The van der Waals surface area contributed by atoms with E-state index < -0.39 is 70.5 Å². The fourth-order valence-corrected chi connectivity index (χ4v) is 15.3. The van der Waals surface area contributed by atoms with Gasteiger partial charge in [-0.25, -0.2) is 13.6 Å². The molecule has 0 aromatic heterocycles. The smallest absolute Gasteiger partial charge is 0.374 e. The van der Waals surface area contributed by atoms with E-state index in [0.717, 1.165) is 12.8 Å². The number of ketones is 4. The van der Waals surface area contributed by atoms with Gasteiger partial charge in [0.2, 0.25) is 5.78 Å². The zero-order chi connectivity index (χ0) is 43.1. The Morgan fingerprint density at radius 2 is 1.19 bits per heavy atom. The summed E-state index contributed by atoms with van der Waals surface area (Å²) < 4.78 is 35.8. The minimum absolute atomic E-state index is 0.0194. The molecule has 0 amide bonds. The van der Waals surface area contributed by atoms with Crippen LogP contribution in [-0.2, 0) is 28.7 Å². The van der Waals surface area contributed by atoms with Crippen LogP contribution in [0.15, 0.2) is 47.6 Å². The molecule has 6 saturated carbocycles. The second-order valence-electron chi connectivity index (χ2n) is 20.6. The number of alkyl halides is 2. The number of aliphatic hydroxyl groups excluding tert-OH is 3. The van der Waals surface area contributed by atoms with Gasteiger partial charge in [-0.15, -0.1) is 0 Å². The number of unbranched alkanes of at least 4 members (excludes halogenated alkanes) is 1. The first-order valence-electron chi connectivity index (χ1n) is 22.1. The predicted octanol–water partition coefficient (Wildman–Crippen LogP) is 6.62. The van der Waals surface area contributed by atoms with Crippen LogP contribution in [-0.4, -0.2) is 82.2 Å². The van der Waals surface area contributed by atoms with Gasteiger partial charge >= 0.3 is 5.97 Å². The lowest BCUT2D eigenvalue weighted by Crippen LogP contribution is -2.58. The fraction of sp³-hybridized carbons (Fsp3) is 0.729. The van der Waals surface area contributed by atoms with Crippen LogP contribution in [0.3, 0.4) is 0 Å². The van der Waals surface area contributed by atoms with Crippen LogP contribution in [0.4, 0.5) is 8.78 Å². The van der Waals surface area contributed by atoms with Crippen molar-refractivity contribution in [3.63, 3.8) is 0 Å². The van der Waals surface area contributed by atoms with Crippen LogP contribution in [0.2, 0.25) is 0 Å². The molecule has 0 aromatic carbocycles. The number of Topliss-reactive ketones (excluding diaryl/α,β-unsaturated/α-hetero) is 2. The van der Waals surface area contributed by atoms with E-state index >= 15 is 8.78 Å². The van der Waals surface area contributed by atoms with Crippen LogP contribution in [0.1, 0.15) is 99.8 Å². The first-order chi connectivity index (χ1) is 27.7. The van der Waals surface area contributed by atoms with Crippen molar-refractivity contribution in [1.29, 1.82) is 0 Å². The Labute approximate surface area is 347 Å². The molecule has 8 rings (SSSR count). The van der Waals surface area contributed by atoms with Crippen LogP contribution in [0.25, 0.3) is 0 Å². The van der Waals surface area contributed by atoms with E-state index in [1.165, 1.54) is 24.3 Å². The number of fused-ring (bicyclic) bond motifs is 10. The number of carbonyl (C=O) groups excluding carboxylic acids is 5. The molecule has 8 aliphatic carbocycles. The Kier molecular flexibility index (Phi) is 11.6. The summed E-state index contributed by atoms with van der Waals surface area (Å²) >= 11 is 0. The van der Waals surface area contributed by atoms with Crippen molar-refractivity contribution in [1.82, 2.24) is 0 Å². The van der Waals surface area contributed by atoms with E-state index in [9.17, 15) is 39.3 Å². The third kappa shape index (κ3) is 6.82. The van der Waals surface area contributed by atoms with E-state index in [2.05, 4.69) is 0 Å². The van der Waals surface area contributed by atoms with Crippen molar-refractivity contribution in [2.45, 2.75) is 124 Å². The van der Waals surface area contributed by atoms with Gasteiger partial charge in [-0.2, -0.15) is 0 Å². The molecule has 11 heteroatoms. The van der Waals surface area contributed by atoms with Gasteiger partial charge in [0.25, 0.3) is 0 Å². The normalized spacial score (nSPS) is 47.8. The Bertz CT molecular complexity index is 1890. The lowest BCUT2D eigenvalue weighted by molar-refractivity contribution is -0.162. The minimum Gasteiger partial charge on any atom is -0.460 e. The number of rotatable bonds is 7. The topological polar surface area (TPSA) is 155 Å². The van der Waals surface area contributed by atoms with Crippen molar-refractivity contribution in [2.24, 2.45) is 80.8 Å². The maximum Gasteiger partial charge on any atom is 0.374 e. The van der Waals surface area contributed by atoms with Gasteiger partial charge in [0.05, 0.1) is 18.8 Å². The highest BCUT2D eigenvalue weighted by atomic mass is 19.1. The Morgan fingerprint density at radius 3 is 1.63 bits per heavy atom. The first-order valence-corrected chi connectivity index (χ1v) is 22.1. The molecule has 0 aromatic rings. The van der Waals surface area contributed by atoms with Gasteiger partial charge in [0, 0.05) is 34.5 Å². The van der Waals surface area contributed by atoms with Gasteiger partial charge in [0.1, 0.15) is 19.0 Å². The summed E-state index contributed by atoms with van der Waals surface area (Å²) in [6.07, 6.45) is 9.94. The summed E-state index contributed by atoms with van der Waals surface area (Å²) in [5.41, 5.74) is -1.45. The monoisotopic (exact) mass is 822 g/mol. The van der Waals surface area contributed by atoms with Crippen LogP contribution in [0, 0.1) is 80.8 Å². The van der Waals surface area contributed by atoms with Crippen LogP contribution < -0.4 is 0 Å². The molecule has 18 atom stereocenters. The Hall–Kier alpha value is -3.15. The molecule has 6 fully saturated rings. The Balaban J connectivity index is 0.000000181. The zero-order valence-corrected chi connectivity index (χ0v) is 35.7. The van der Waals surface area contributed by atoms with Gasteiger partial charge < -0.3 is 20.1 Å². The number of hydrogen-bond donors (Lipinski definition) is 3. The fourth-order valence-electron chi connectivity index (χ4n) is 15.3. The van der Waals surface area contributed by atoms with E-state index in [1.807, 2.05) is 48.5 Å². The van der Waals surface area contributed by atoms with Crippen molar-refractivity contribution in [3.8, 4) is 0 Å². The highest BCUT2D eigenvalue weighted by molar-refractivity contribution is 6.34. The molecular formula is C48H64F2O9. The zero-order valence-electron chi connectivity index (χ0n) is 35.7. The van der Waals surface area contributed by atoms with Gasteiger partial charge in [-0.3, -0.25) is 19.2 Å². The number of carbonyl (C=O) groups is 5. The minimum atomic E-state index is -1.26. The standard InChI is InChI=1S/C26H35FO5.C22H29FO4/c1-5-6-9-32-24(31)23(30)21-14(2)10-17-16-12-19(27)18-11-15(28)7-8-25(18,3)22(16)20(29)13-26(17,21)4;1-11-6-14-13-8-16(23)15-7-12(25)4-5-21(15,2)20(13)17(26)9-22(14,3)19(11)18(27)10-24/h7-8,11,14,16-17,19-22,29H,5-6,9-10,12-13H2,1-4H3;4-5,7,11,13-14,16-17,19-20,24,26H,6,8-10H2,1-3H3/t14-,16+,17+,19+,20+,21-,22-,25+,26+;11-,13+,14+,16+,17+,19-,20-,21+,22+/m11/s1. The highest BCUT2D eigenvalue weighted by Crippen LogP contribution is 2.69. The molecule has 9 nitrogen and oxygen atoms in total. The first kappa shape index (κ1) is 43.9. The largest absolute Gasteiger partial charge is 0.460 e. The van der Waals surface area contributed by atoms with Gasteiger partial charge in [-0.05, 0) is 127 Å². The molecule has 0 radical (unpaired) electrons. The van der Waals surface area contributed by atoms with E-state index in [-0.39, 0.29) is 90.1 Å². The summed E-state index contributed by atoms with van der Waals surface area (Å²) in [6.45, 7) is 13.6. The van der Waals surface area contributed by atoms with Crippen LogP contribution in [0.5, 0.6) is 0 Å². The maximum atomic E-state index is 15.4. The number of allylic oxidation sites excluding steroid dienone is 8. The third-order valence-corrected chi connectivity index (χ3v) is 17.4. The summed E-state index contributed by atoms with van der Waals surface area (Å²) in [6, 6.07) is 0. The summed E-state index contributed by atoms with van der Waals surface area (Å²) in [5, 5.41) is 32.0. The summed E-state index contributed by atoms with van der Waals surface area (Å²) in [7, 11) is 0. The second kappa shape index (κ2) is 15.6. The molecule has 0 aliphatic heterocycles. The summed E-state index contributed by atoms with van der Waals surface area (Å²) in [5.74, 6) is -3.05. The molecule has 0 bridgehead atoms. The molecule has 0 unspecified atom stereocenters. The maximum absolute atomic E-state index is 15.4. The van der Waals surface area contributed by atoms with E-state index in [1.54, 1.807) is 12.2 Å². The lowest BCUT2D eigenvalue weighted by atomic mass is 9.46. The SMILES string of the molecule is CCCCOC(=O)C(=O)[C@H]1[C@H](C)C[C@H]2[C@@H]3C[C@H](F)C4=CC(=O)C=C[C@]4(C)[C@H]3[C@@H](O)C[C@@]21C.C[C@@H]1C[C@H]2[C@@H]3C[C@H](F)C4=CC(=O)C=C[C@]4(C)[C@H]3[C@@H](O)C[C@]2(C)[C@H]1C(=O)CO. The quantitative estimate of drug-likeness (QED) is 0.146. The number of halogens is 2. The van der Waals surface area contributed by atoms with Gasteiger partial charge in [0.15, 0.2) is 17.3 Å². The van der Waals surface area contributed by atoms with Crippen LogP contribution >= 0.6 is 0 Å². The molecule has 0 saturated heterocycles. The average Bonchev–Trinajstić information content (AvgIpc) is 3.59. The van der Waals surface area contributed by atoms with Crippen molar-refractivity contribution >= 4 is 29.1 Å². The number of hydrogen-bond acceptors (Lipinski definition) is 9. The number of aliphatic hydroxyl groups is 3. The average molecular weight is 823 g/mol.